The standard InChI is InChI=1S/C20H23NO5/c1-12(22)26-14-4-3-13-5-7-21-8-6-15-16(20(13,21)10-14)9-17-19(18(15)23-2)25-11-24-17/h3,9,14H,4-8,10-11H2,1-2H3/t14-,20-/m0/s1. The summed E-state index contributed by atoms with van der Waals surface area (Å²) in [7, 11) is 1.69. The van der Waals surface area contributed by atoms with Crippen LogP contribution in [0.3, 0.4) is 0 Å². The zero-order valence-electron chi connectivity index (χ0n) is 15.2. The molecule has 0 N–H and O–H groups in total. The maximum atomic E-state index is 11.5. The van der Waals surface area contributed by atoms with Crippen molar-refractivity contribution in [2.75, 3.05) is 27.0 Å². The molecule has 1 fully saturated rings. The summed E-state index contributed by atoms with van der Waals surface area (Å²) in [6.07, 6.45) is 5.74. The number of methoxy groups -OCH3 is 1. The number of rotatable bonds is 2. The van der Waals surface area contributed by atoms with E-state index in [1.165, 1.54) is 23.6 Å². The van der Waals surface area contributed by atoms with Crippen LogP contribution >= 0.6 is 0 Å². The van der Waals surface area contributed by atoms with E-state index in [9.17, 15) is 4.79 Å². The first kappa shape index (κ1) is 16.0. The van der Waals surface area contributed by atoms with Crippen LogP contribution in [0.1, 0.15) is 37.3 Å². The van der Waals surface area contributed by atoms with Crippen molar-refractivity contribution in [3.8, 4) is 17.2 Å². The zero-order chi connectivity index (χ0) is 17.9. The molecule has 0 aromatic heterocycles. The molecule has 1 saturated heterocycles. The molecule has 2 atom stereocenters. The summed E-state index contributed by atoms with van der Waals surface area (Å²) >= 11 is 0. The molecule has 1 aromatic carbocycles. The first-order chi connectivity index (χ1) is 12.6. The third-order valence-electron chi connectivity index (χ3n) is 6.21. The highest BCUT2D eigenvalue weighted by atomic mass is 16.7. The molecule has 1 aliphatic carbocycles. The zero-order valence-corrected chi connectivity index (χ0v) is 15.2. The molecular formula is C20H23NO5. The van der Waals surface area contributed by atoms with Gasteiger partial charge in [-0.25, -0.2) is 0 Å². The largest absolute Gasteiger partial charge is 0.492 e. The lowest BCUT2D eigenvalue weighted by molar-refractivity contribution is -0.148. The fourth-order valence-electron chi connectivity index (χ4n) is 5.28. The lowest BCUT2D eigenvalue weighted by Crippen LogP contribution is -2.50. The molecule has 5 rings (SSSR count). The van der Waals surface area contributed by atoms with Gasteiger partial charge >= 0.3 is 5.97 Å². The van der Waals surface area contributed by atoms with Gasteiger partial charge < -0.3 is 18.9 Å². The second kappa shape index (κ2) is 5.64. The summed E-state index contributed by atoms with van der Waals surface area (Å²) in [6, 6.07) is 2.13. The van der Waals surface area contributed by atoms with E-state index < -0.39 is 0 Å². The summed E-state index contributed by atoms with van der Waals surface area (Å²) in [5.41, 5.74) is 3.64. The highest BCUT2D eigenvalue weighted by molar-refractivity contribution is 5.67. The summed E-state index contributed by atoms with van der Waals surface area (Å²) in [6.45, 7) is 3.71. The van der Waals surface area contributed by atoms with Gasteiger partial charge in [0.1, 0.15) is 6.10 Å². The molecule has 6 heteroatoms. The van der Waals surface area contributed by atoms with Crippen molar-refractivity contribution in [3.63, 3.8) is 0 Å². The third kappa shape index (κ3) is 2.05. The minimum absolute atomic E-state index is 0.0979. The molecule has 1 spiro atoms. The predicted octanol–water partition coefficient (Wildman–Crippen LogP) is 2.53. The summed E-state index contributed by atoms with van der Waals surface area (Å²) in [4.78, 5) is 14.1. The molecule has 0 amide bonds. The fourth-order valence-corrected chi connectivity index (χ4v) is 5.28. The molecule has 1 aromatic rings. The maximum absolute atomic E-state index is 11.5. The Morgan fingerprint density at radius 3 is 2.96 bits per heavy atom. The van der Waals surface area contributed by atoms with Crippen molar-refractivity contribution in [3.05, 3.63) is 28.8 Å². The van der Waals surface area contributed by atoms with Crippen LogP contribution in [-0.2, 0) is 21.5 Å². The molecule has 26 heavy (non-hydrogen) atoms. The first-order valence-corrected chi connectivity index (χ1v) is 9.25. The van der Waals surface area contributed by atoms with Gasteiger partial charge in [-0.05, 0) is 30.0 Å². The molecule has 3 aliphatic heterocycles. The highest BCUT2D eigenvalue weighted by Crippen LogP contribution is 2.57. The van der Waals surface area contributed by atoms with Gasteiger partial charge in [0.15, 0.2) is 11.5 Å². The van der Waals surface area contributed by atoms with Crippen molar-refractivity contribution in [1.82, 2.24) is 4.90 Å². The number of carbonyl (C=O) groups excluding carboxylic acids is 1. The van der Waals surface area contributed by atoms with Crippen LogP contribution in [0, 0.1) is 0 Å². The number of benzene rings is 1. The number of fused-ring (bicyclic) bond motifs is 2. The average molecular weight is 357 g/mol. The molecule has 0 radical (unpaired) electrons. The lowest BCUT2D eigenvalue weighted by Gasteiger charge is -2.48. The highest BCUT2D eigenvalue weighted by Gasteiger charge is 2.53. The quantitative estimate of drug-likeness (QED) is 0.599. The van der Waals surface area contributed by atoms with Crippen LogP contribution in [0.5, 0.6) is 17.2 Å². The predicted molar refractivity (Wildman–Crippen MR) is 93.6 cm³/mol. The van der Waals surface area contributed by atoms with Crippen molar-refractivity contribution in [1.29, 1.82) is 0 Å². The Labute approximate surface area is 152 Å². The SMILES string of the molecule is COc1c2c(cc3c1OCO3)[C@]13C[C@@H](OC(C)=O)CC=C1CCN3CC2. The Morgan fingerprint density at radius 2 is 2.15 bits per heavy atom. The summed E-state index contributed by atoms with van der Waals surface area (Å²) in [5.74, 6) is 2.04. The van der Waals surface area contributed by atoms with Gasteiger partial charge in [-0.15, -0.1) is 0 Å². The Hall–Kier alpha value is -2.21. The molecule has 0 unspecified atom stereocenters. The minimum Gasteiger partial charge on any atom is -0.492 e. The second-order valence-electron chi connectivity index (χ2n) is 7.42. The van der Waals surface area contributed by atoms with E-state index >= 15 is 0 Å². The Morgan fingerprint density at radius 1 is 1.31 bits per heavy atom. The van der Waals surface area contributed by atoms with E-state index in [1.807, 2.05) is 0 Å². The number of hydrogen-bond donors (Lipinski definition) is 0. The normalized spacial score (nSPS) is 28.7. The smallest absolute Gasteiger partial charge is 0.302 e. The van der Waals surface area contributed by atoms with Crippen LogP contribution in [-0.4, -0.2) is 44.0 Å². The lowest BCUT2D eigenvalue weighted by atomic mass is 9.70. The average Bonchev–Trinajstić information content (AvgIpc) is 3.23. The van der Waals surface area contributed by atoms with Crippen molar-refractivity contribution >= 4 is 5.97 Å². The number of ether oxygens (including phenoxy) is 4. The van der Waals surface area contributed by atoms with E-state index in [0.29, 0.717) is 5.75 Å². The third-order valence-corrected chi connectivity index (χ3v) is 6.21. The van der Waals surface area contributed by atoms with Crippen LogP contribution in [0.15, 0.2) is 17.7 Å². The summed E-state index contributed by atoms with van der Waals surface area (Å²) < 4.78 is 22.7. The molecule has 138 valence electrons. The topological polar surface area (TPSA) is 57.2 Å². The van der Waals surface area contributed by atoms with Crippen LogP contribution in [0.4, 0.5) is 0 Å². The van der Waals surface area contributed by atoms with E-state index in [2.05, 4.69) is 17.0 Å². The fraction of sp³-hybridized carbons (Fsp3) is 0.550. The van der Waals surface area contributed by atoms with Gasteiger partial charge in [0.2, 0.25) is 12.5 Å². The summed E-state index contributed by atoms with van der Waals surface area (Å²) in [5, 5.41) is 0. The monoisotopic (exact) mass is 357 g/mol. The van der Waals surface area contributed by atoms with Gasteiger partial charge in [0.25, 0.3) is 0 Å². The van der Waals surface area contributed by atoms with Crippen molar-refractivity contribution in [2.45, 2.75) is 44.2 Å². The number of nitrogens with zero attached hydrogens (tertiary/aromatic N) is 1. The van der Waals surface area contributed by atoms with Gasteiger partial charge in [-0.3, -0.25) is 9.69 Å². The molecule has 6 nitrogen and oxygen atoms in total. The molecule has 4 aliphatic rings. The van der Waals surface area contributed by atoms with Gasteiger partial charge in [-0.2, -0.15) is 0 Å². The van der Waals surface area contributed by atoms with Crippen LogP contribution < -0.4 is 14.2 Å². The maximum Gasteiger partial charge on any atom is 0.302 e. The second-order valence-corrected chi connectivity index (χ2v) is 7.42. The van der Waals surface area contributed by atoms with E-state index in [-0.39, 0.29) is 24.4 Å². The van der Waals surface area contributed by atoms with E-state index in [4.69, 9.17) is 18.9 Å². The molecular weight excluding hydrogens is 334 g/mol. The Balaban J connectivity index is 1.69. The first-order valence-electron chi connectivity index (χ1n) is 9.25. The molecule has 0 saturated carbocycles. The number of carbonyl (C=O) groups is 1. The van der Waals surface area contributed by atoms with Crippen molar-refractivity contribution < 1.29 is 23.7 Å². The van der Waals surface area contributed by atoms with Crippen LogP contribution in [0.25, 0.3) is 0 Å². The van der Waals surface area contributed by atoms with Gasteiger partial charge in [-0.1, -0.05) is 6.08 Å². The van der Waals surface area contributed by atoms with E-state index in [0.717, 1.165) is 50.3 Å². The van der Waals surface area contributed by atoms with Crippen LogP contribution in [0.2, 0.25) is 0 Å². The molecule has 3 heterocycles. The van der Waals surface area contributed by atoms with Gasteiger partial charge in [0, 0.05) is 38.4 Å². The minimum atomic E-state index is -0.222. The molecule has 0 bridgehead atoms. The van der Waals surface area contributed by atoms with Gasteiger partial charge in [0.05, 0.1) is 12.6 Å². The Bertz CT molecular complexity index is 817. The number of hydrogen-bond acceptors (Lipinski definition) is 6. The Kier molecular flexibility index (Phi) is 3.47. The van der Waals surface area contributed by atoms with E-state index in [1.54, 1.807) is 7.11 Å². The van der Waals surface area contributed by atoms with Crippen molar-refractivity contribution in [2.24, 2.45) is 0 Å². The number of esters is 1.